The Hall–Kier alpha value is -3.33. The van der Waals surface area contributed by atoms with Crippen LogP contribution in [0.3, 0.4) is 0 Å². The third kappa shape index (κ3) is 55.8. The van der Waals surface area contributed by atoms with Crippen molar-refractivity contribution in [3.63, 3.8) is 0 Å². The molecule has 0 spiro atoms. The molecule has 10 heteroatoms. The highest BCUT2D eigenvalue weighted by atomic mass is 31.2. The summed E-state index contributed by atoms with van der Waals surface area (Å²) < 4.78 is 32.9. The fraction of sp³-hybridized carbons (Fsp3) is 0.672. The lowest BCUT2D eigenvalue weighted by Crippen LogP contribution is -2.29. The highest BCUT2D eigenvalue weighted by molar-refractivity contribution is 7.47. The molecule has 0 aliphatic heterocycles. The quantitative estimate of drug-likeness (QED) is 0.0264. The van der Waals surface area contributed by atoms with E-state index in [1.54, 1.807) is 0 Å². The second-order valence-corrected chi connectivity index (χ2v) is 19.9. The summed E-state index contributed by atoms with van der Waals surface area (Å²) >= 11 is 0. The summed E-state index contributed by atoms with van der Waals surface area (Å²) in [5.74, 6) is -0.898. The van der Waals surface area contributed by atoms with Crippen molar-refractivity contribution in [2.24, 2.45) is 5.73 Å². The molecule has 0 aromatic carbocycles. The number of rotatable bonds is 52. The van der Waals surface area contributed by atoms with E-state index in [0.717, 1.165) is 77.0 Å². The van der Waals surface area contributed by atoms with Crippen LogP contribution >= 0.6 is 7.82 Å². The number of carbonyl (C=O) groups excluding carboxylic acids is 2. The first-order valence-corrected chi connectivity index (χ1v) is 29.9. The first-order chi connectivity index (χ1) is 34.8. The summed E-state index contributed by atoms with van der Waals surface area (Å²) in [6.07, 6.45) is 75.8. The SMILES string of the molecule is CC/C=C\C/C=C\C/C=C\C/C=C\C/C=C\C/C=C\C/C=C\C/C=C\C/C=C\CCCC(=O)OC(COC(=O)CCCCCCCCCCCCCCCCCCCCCCC)COP(=O)(O)OCCN. The van der Waals surface area contributed by atoms with Crippen LogP contribution in [0.15, 0.2) is 109 Å². The van der Waals surface area contributed by atoms with E-state index in [2.05, 4.69) is 117 Å². The maximum atomic E-state index is 12.7. The summed E-state index contributed by atoms with van der Waals surface area (Å²) in [4.78, 5) is 35.1. The van der Waals surface area contributed by atoms with Crippen molar-refractivity contribution in [1.29, 1.82) is 0 Å². The number of allylic oxidation sites excluding steroid dienone is 18. The Labute approximate surface area is 435 Å². The maximum Gasteiger partial charge on any atom is 0.472 e. The molecule has 0 aromatic rings. The number of phosphoric ester groups is 1. The van der Waals surface area contributed by atoms with Gasteiger partial charge in [-0.2, -0.15) is 0 Å². The molecule has 0 radical (unpaired) electrons. The molecule has 406 valence electrons. The van der Waals surface area contributed by atoms with Gasteiger partial charge in [0.15, 0.2) is 6.10 Å². The summed E-state index contributed by atoms with van der Waals surface area (Å²) in [5.41, 5.74) is 5.37. The number of hydrogen-bond acceptors (Lipinski definition) is 8. The summed E-state index contributed by atoms with van der Waals surface area (Å²) in [5, 5.41) is 0. The van der Waals surface area contributed by atoms with Gasteiger partial charge in [0.1, 0.15) is 6.61 Å². The predicted octanol–water partition coefficient (Wildman–Crippen LogP) is 17.8. The van der Waals surface area contributed by atoms with Crippen molar-refractivity contribution in [3.8, 4) is 0 Å². The van der Waals surface area contributed by atoms with Gasteiger partial charge >= 0.3 is 19.8 Å². The molecule has 0 bridgehead atoms. The molecule has 0 fully saturated rings. The molecule has 0 rings (SSSR count). The minimum absolute atomic E-state index is 0.0396. The number of unbranched alkanes of at least 4 members (excludes halogenated alkanes) is 21. The normalized spacial score (nSPS) is 13.9. The number of phosphoric acid groups is 1. The lowest BCUT2D eigenvalue weighted by atomic mass is 10.0. The molecule has 0 aliphatic carbocycles. The lowest BCUT2D eigenvalue weighted by Gasteiger charge is -2.19. The first-order valence-electron chi connectivity index (χ1n) is 28.4. The Morgan fingerprint density at radius 1 is 0.437 bits per heavy atom. The van der Waals surface area contributed by atoms with Crippen LogP contribution in [0.4, 0.5) is 0 Å². The molecule has 0 amide bonds. The van der Waals surface area contributed by atoms with Gasteiger partial charge < -0.3 is 20.1 Å². The second-order valence-electron chi connectivity index (χ2n) is 18.4. The molecule has 0 heterocycles. The molecule has 0 saturated heterocycles. The Balaban J connectivity index is 4.14. The van der Waals surface area contributed by atoms with E-state index in [-0.39, 0.29) is 32.6 Å². The van der Waals surface area contributed by atoms with Crippen molar-refractivity contribution in [2.75, 3.05) is 26.4 Å². The van der Waals surface area contributed by atoms with E-state index in [1.165, 1.54) is 116 Å². The Bertz CT molecular complexity index is 1530. The van der Waals surface area contributed by atoms with Gasteiger partial charge in [0.25, 0.3) is 0 Å². The van der Waals surface area contributed by atoms with Crippen molar-refractivity contribution in [1.82, 2.24) is 0 Å². The third-order valence-corrected chi connectivity index (χ3v) is 12.7. The van der Waals surface area contributed by atoms with E-state index in [9.17, 15) is 19.0 Å². The summed E-state index contributed by atoms with van der Waals surface area (Å²) in [6, 6.07) is 0. The zero-order chi connectivity index (χ0) is 51.7. The Morgan fingerprint density at radius 2 is 0.775 bits per heavy atom. The van der Waals surface area contributed by atoms with E-state index < -0.39 is 32.5 Å². The van der Waals surface area contributed by atoms with Crippen LogP contribution < -0.4 is 5.73 Å². The number of esters is 2. The van der Waals surface area contributed by atoms with Gasteiger partial charge in [-0.05, 0) is 77.0 Å². The van der Waals surface area contributed by atoms with Gasteiger partial charge in [-0.25, -0.2) is 4.57 Å². The van der Waals surface area contributed by atoms with Crippen LogP contribution in [0, 0.1) is 0 Å². The van der Waals surface area contributed by atoms with Crippen molar-refractivity contribution in [3.05, 3.63) is 109 Å². The van der Waals surface area contributed by atoms with Crippen LogP contribution in [0.1, 0.15) is 232 Å². The van der Waals surface area contributed by atoms with Crippen LogP contribution in [0.2, 0.25) is 0 Å². The van der Waals surface area contributed by atoms with Gasteiger partial charge in [-0.3, -0.25) is 18.6 Å². The van der Waals surface area contributed by atoms with Crippen LogP contribution in [-0.4, -0.2) is 49.3 Å². The third-order valence-electron chi connectivity index (χ3n) is 11.7. The molecule has 3 N–H and O–H groups in total. The topological polar surface area (TPSA) is 134 Å². The van der Waals surface area contributed by atoms with Crippen LogP contribution in [0.5, 0.6) is 0 Å². The fourth-order valence-electron chi connectivity index (χ4n) is 7.52. The van der Waals surface area contributed by atoms with Gasteiger partial charge in [-0.15, -0.1) is 0 Å². The molecule has 2 unspecified atom stereocenters. The monoisotopic (exact) mass is 1010 g/mol. The molecular weight excluding hydrogens is 906 g/mol. The predicted molar refractivity (Wildman–Crippen MR) is 302 cm³/mol. The molecule has 9 nitrogen and oxygen atoms in total. The highest BCUT2D eigenvalue weighted by Crippen LogP contribution is 2.43. The maximum absolute atomic E-state index is 12.7. The van der Waals surface area contributed by atoms with Crippen LogP contribution in [-0.2, 0) is 32.7 Å². The molecule has 0 aliphatic rings. The Kier molecular flexibility index (Phi) is 53.3. The zero-order valence-corrected chi connectivity index (χ0v) is 46.1. The van der Waals surface area contributed by atoms with Gasteiger partial charge in [0.2, 0.25) is 0 Å². The summed E-state index contributed by atoms with van der Waals surface area (Å²) in [6.45, 7) is 3.57. The van der Waals surface area contributed by atoms with Gasteiger partial charge in [-0.1, -0.05) is 252 Å². The van der Waals surface area contributed by atoms with E-state index in [1.807, 2.05) is 6.08 Å². The average molecular weight is 1010 g/mol. The molecule has 0 aromatic heterocycles. The van der Waals surface area contributed by atoms with E-state index in [4.69, 9.17) is 24.3 Å². The first kappa shape index (κ1) is 67.7. The number of hydrogen-bond donors (Lipinski definition) is 2. The molecule has 71 heavy (non-hydrogen) atoms. The van der Waals surface area contributed by atoms with Crippen LogP contribution in [0.25, 0.3) is 0 Å². The lowest BCUT2D eigenvalue weighted by molar-refractivity contribution is -0.161. The zero-order valence-electron chi connectivity index (χ0n) is 45.2. The van der Waals surface area contributed by atoms with Gasteiger partial charge in [0.05, 0.1) is 13.2 Å². The van der Waals surface area contributed by atoms with E-state index >= 15 is 0 Å². The van der Waals surface area contributed by atoms with Crippen molar-refractivity contribution < 1.29 is 37.6 Å². The number of nitrogens with two attached hydrogens (primary N) is 1. The number of ether oxygens (including phenoxy) is 2. The standard InChI is InChI=1S/C61H104NO8P/c1-3-5-7-9-11-13-15-17-19-21-23-25-26-27-28-29-30-31-32-34-36-38-40-42-44-46-48-50-52-54-61(64)70-59(58-69-71(65,66)68-56-55-62)57-67-60(63)53-51-49-47-45-43-41-39-37-35-33-24-22-20-18-16-14-12-10-8-6-4-2/h5,7,11,13,17,19,23,25,27-28,30-31,34,36,40,42,46,48,59H,3-4,6,8-10,12,14-16,18,20-22,24,26,29,32-33,35,37-39,41,43-45,47,49-58,62H2,1-2H3,(H,65,66)/b7-5-,13-11-,19-17-,25-23-,28-27-,31-30-,36-34-,42-40-,48-46-. The molecule has 0 saturated carbocycles. The largest absolute Gasteiger partial charge is 0.472 e. The minimum Gasteiger partial charge on any atom is -0.462 e. The Morgan fingerprint density at radius 3 is 1.14 bits per heavy atom. The molecular formula is C61H104NO8P. The minimum atomic E-state index is -4.41. The summed E-state index contributed by atoms with van der Waals surface area (Å²) in [7, 11) is -4.41. The van der Waals surface area contributed by atoms with Crippen molar-refractivity contribution >= 4 is 19.8 Å². The fourth-order valence-corrected chi connectivity index (χ4v) is 8.29. The smallest absolute Gasteiger partial charge is 0.462 e. The van der Waals surface area contributed by atoms with Crippen molar-refractivity contribution in [2.45, 2.75) is 238 Å². The average Bonchev–Trinajstić information content (AvgIpc) is 3.36. The molecule has 2 atom stereocenters. The highest BCUT2D eigenvalue weighted by Gasteiger charge is 2.26. The number of carbonyl (C=O) groups is 2. The second kappa shape index (κ2) is 56.0. The van der Waals surface area contributed by atoms with Gasteiger partial charge in [0, 0.05) is 19.4 Å². The van der Waals surface area contributed by atoms with E-state index in [0.29, 0.717) is 12.8 Å².